The standard InChI is InChI=1S/C18H25NO4/c1-2-3-4-5-6-7-8-17(21)19-16(18(22)23)13-14-9-11-15(20)12-10-14/h9,11,16,20H,2-8,13H2,1H3,(H,19,21)(H,22,23). The molecule has 1 aromatic carbocycles. The molecule has 1 unspecified atom stereocenters. The Labute approximate surface area is 137 Å². The number of carboxylic acid groups (broad SMARTS) is 1. The van der Waals surface area contributed by atoms with E-state index in [4.69, 9.17) is 5.11 Å². The number of hydrogen-bond donors (Lipinski definition) is 3. The van der Waals surface area contributed by atoms with E-state index in [2.05, 4.69) is 24.4 Å². The van der Waals surface area contributed by atoms with Crippen LogP contribution >= 0.6 is 0 Å². The van der Waals surface area contributed by atoms with E-state index >= 15 is 0 Å². The zero-order valence-electron chi connectivity index (χ0n) is 13.6. The maximum Gasteiger partial charge on any atom is 0.326 e. The molecular weight excluding hydrogens is 294 g/mol. The van der Waals surface area contributed by atoms with Crippen LogP contribution in [0.4, 0.5) is 0 Å². The number of nitrogens with one attached hydrogen (secondary N) is 1. The monoisotopic (exact) mass is 319 g/mol. The van der Waals surface area contributed by atoms with Crippen molar-refractivity contribution in [2.75, 3.05) is 0 Å². The van der Waals surface area contributed by atoms with Gasteiger partial charge < -0.3 is 15.5 Å². The number of aliphatic carboxylic acids is 1. The summed E-state index contributed by atoms with van der Waals surface area (Å²) in [6, 6.07) is 7.16. The van der Waals surface area contributed by atoms with Crippen molar-refractivity contribution in [1.82, 2.24) is 5.32 Å². The number of aromatic hydroxyl groups is 1. The van der Waals surface area contributed by atoms with Gasteiger partial charge in [-0.05, 0) is 24.6 Å². The van der Waals surface area contributed by atoms with Gasteiger partial charge in [-0.25, -0.2) is 4.79 Å². The third-order valence-electron chi connectivity index (χ3n) is 3.61. The second kappa shape index (κ2) is 10.5. The highest BCUT2D eigenvalue weighted by Gasteiger charge is 2.20. The normalized spacial score (nSPS) is 11.5. The number of rotatable bonds is 11. The molecule has 1 aromatic rings. The minimum Gasteiger partial charge on any atom is -0.501 e. The molecule has 0 aliphatic rings. The van der Waals surface area contributed by atoms with Gasteiger partial charge in [-0.2, -0.15) is 0 Å². The van der Waals surface area contributed by atoms with Gasteiger partial charge >= 0.3 is 5.97 Å². The highest BCUT2D eigenvalue weighted by atomic mass is 16.4. The first kappa shape index (κ1) is 18.8. The van der Waals surface area contributed by atoms with Crippen molar-refractivity contribution >= 4 is 11.9 Å². The van der Waals surface area contributed by atoms with Gasteiger partial charge in [0.05, 0.1) is 0 Å². The molecule has 1 atom stereocenters. The molecule has 0 aliphatic carbocycles. The number of amides is 1. The Balaban J connectivity index is 2.35. The molecule has 0 heterocycles. The number of carbonyl (C=O) groups excluding carboxylic acids is 1. The Morgan fingerprint density at radius 3 is 2.43 bits per heavy atom. The molecule has 0 bridgehead atoms. The van der Waals surface area contributed by atoms with Gasteiger partial charge in [-0.3, -0.25) is 4.79 Å². The van der Waals surface area contributed by atoms with E-state index in [9.17, 15) is 14.7 Å². The molecule has 1 amide bonds. The number of carboxylic acids is 1. The van der Waals surface area contributed by atoms with Crippen LogP contribution in [-0.2, 0) is 16.0 Å². The van der Waals surface area contributed by atoms with Gasteiger partial charge in [0.25, 0.3) is 0 Å². The number of unbranched alkanes of at least 4 members (excludes halogenated alkanes) is 5. The zero-order valence-corrected chi connectivity index (χ0v) is 13.6. The highest BCUT2D eigenvalue weighted by molar-refractivity contribution is 5.83. The molecule has 1 rings (SSSR count). The van der Waals surface area contributed by atoms with E-state index < -0.39 is 12.0 Å². The predicted octanol–water partition coefficient (Wildman–Crippen LogP) is 2.86. The first-order valence-corrected chi connectivity index (χ1v) is 8.17. The van der Waals surface area contributed by atoms with Crippen molar-refractivity contribution in [3.63, 3.8) is 0 Å². The van der Waals surface area contributed by atoms with E-state index in [1.165, 1.54) is 25.3 Å². The average molecular weight is 319 g/mol. The highest BCUT2D eigenvalue weighted by Crippen LogP contribution is 2.08. The van der Waals surface area contributed by atoms with Crippen molar-refractivity contribution in [2.24, 2.45) is 0 Å². The quantitative estimate of drug-likeness (QED) is 0.547. The van der Waals surface area contributed by atoms with E-state index in [0.717, 1.165) is 19.3 Å². The fourth-order valence-corrected chi connectivity index (χ4v) is 2.28. The lowest BCUT2D eigenvalue weighted by Gasteiger charge is -2.14. The van der Waals surface area contributed by atoms with E-state index in [-0.39, 0.29) is 18.1 Å². The SMILES string of the molecule is CCCCCCCCC(=O)NC(Cc1c#cc(O)cc1)C(=O)O. The molecule has 0 saturated carbocycles. The summed E-state index contributed by atoms with van der Waals surface area (Å²) in [4.78, 5) is 23.1. The van der Waals surface area contributed by atoms with Crippen LogP contribution in [0.3, 0.4) is 0 Å². The average Bonchev–Trinajstić information content (AvgIpc) is 2.52. The first-order valence-electron chi connectivity index (χ1n) is 8.17. The summed E-state index contributed by atoms with van der Waals surface area (Å²) < 4.78 is 0. The number of hydrogen-bond acceptors (Lipinski definition) is 3. The lowest BCUT2D eigenvalue weighted by atomic mass is 10.1. The van der Waals surface area contributed by atoms with Crippen LogP contribution in [-0.4, -0.2) is 28.1 Å². The molecule has 23 heavy (non-hydrogen) atoms. The molecule has 3 N–H and O–H groups in total. The smallest absolute Gasteiger partial charge is 0.326 e. The van der Waals surface area contributed by atoms with Gasteiger partial charge in [0, 0.05) is 18.4 Å². The van der Waals surface area contributed by atoms with Gasteiger partial charge in [-0.1, -0.05) is 45.1 Å². The minimum absolute atomic E-state index is 0.0484. The minimum atomic E-state index is -1.08. The lowest BCUT2D eigenvalue weighted by molar-refractivity contribution is -0.141. The van der Waals surface area contributed by atoms with Crippen LogP contribution in [0.15, 0.2) is 12.1 Å². The summed E-state index contributed by atoms with van der Waals surface area (Å²) in [6.07, 6.45) is 6.94. The zero-order chi connectivity index (χ0) is 17.1. The van der Waals surface area contributed by atoms with Crippen LogP contribution < -0.4 is 5.32 Å². The summed E-state index contributed by atoms with van der Waals surface area (Å²) in [5.41, 5.74) is 0.579. The molecular formula is C18H25NO4. The fourth-order valence-electron chi connectivity index (χ4n) is 2.28. The molecule has 126 valence electrons. The Bertz CT molecular complexity index is 484. The Morgan fingerprint density at radius 1 is 1.13 bits per heavy atom. The van der Waals surface area contributed by atoms with Crippen molar-refractivity contribution in [3.05, 3.63) is 29.8 Å². The molecule has 5 nitrogen and oxygen atoms in total. The molecule has 0 radical (unpaired) electrons. The molecule has 5 heteroatoms. The van der Waals surface area contributed by atoms with Crippen LogP contribution in [0.25, 0.3) is 0 Å². The van der Waals surface area contributed by atoms with E-state index in [0.29, 0.717) is 12.0 Å². The van der Waals surface area contributed by atoms with E-state index in [1.807, 2.05) is 0 Å². The summed E-state index contributed by atoms with van der Waals surface area (Å²) in [5.74, 6) is -1.37. The maximum absolute atomic E-state index is 11.9. The second-order valence-corrected chi connectivity index (χ2v) is 5.67. The van der Waals surface area contributed by atoms with Crippen LogP contribution in [0.2, 0.25) is 0 Å². The summed E-state index contributed by atoms with van der Waals surface area (Å²) in [6.45, 7) is 2.16. The van der Waals surface area contributed by atoms with Crippen molar-refractivity contribution < 1.29 is 19.8 Å². The van der Waals surface area contributed by atoms with Crippen molar-refractivity contribution in [2.45, 2.75) is 64.3 Å². The maximum atomic E-state index is 11.9. The predicted molar refractivity (Wildman–Crippen MR) is 87.0 cm³/mol. The molecule has 0 fully saturated rings. The summed E-state index contributed by atoms with van der Waals surface area (Å²) >= 11 is 0. The topological polar surface area (TPSA) is 86.6 Å². The fraction of sp³-hybridized carbons (Fsp3) is 0.556. The first-order chi connectivity index (χ1) is 11.0. The number of carbonyl (C=O) groups is 2. The molecule has 0 spiro atoms. The van der Waals surface area contributed by atoms with Crippen LogP contribution in [0, 0.1) is 12.1 Å². The largest absolute Gasteiger partial charge is 0.501 e. The molecule has 0 saturated heterocycles. The van der Waals surface area contributed by atoms with Gasteiger partial charge in [0.15, 0.2) is 5.75 Å². The summed E-state index contributed by atoms with van der Waals surface area (Å²) in [7, 11) is 0. The summed E-state index contributed by atoms with van der Waals surface area (Å²) in [5, 5.41) is 20.9. The van der Waals surface area contributed by atoms with Crippen molar-refractivity contribution in [3.8, 4) is 5.75 Å². The Morgan fingerprint density at radius 2 is 1.83 bits per heavy atom. The van der Waals surface area contributed by atoms with Gasteiger partial charge in [-0.15, -0.1) is 0 Å². The van der Waals surface area contributed by atoms with Crippen molar-refractivity contribution in [1.29, 1.82) is 0 Å². The third kappa shape index (κ3) is 8.10. The third-order valence-corrected chi connectivity index (χ3v) is 3.61. The molecule has 0 aromatic heterocycles. The van der Waals surface area contributed by atoms with Gasteiger partial charge in [0.1, 0.15) is 6.04 Å². The van der Waals surface area contributed by atoms with Crippen LogP contribution in [0.1, 0.15) is 57.4 Å². The second-order valence-electron chi connectivity index (χ2n) is 5.67. The Kier molecular flexibility index (Phi) is 8.59. The van der Waals surface area contributed by atoms with E-state index in [1.54, 1.807) is 6.07 Å². The Hall–Kier alpha value is -2.22. The van der Waals surface area contributed by atoms with Crippen LogP contribution in [0.5, 0.6) is 5.75 Å². The molecule has 0 aliphatic heterocycles. The lowest BCUT2D eigenvalue weighted by Crippen LogP contribution is -2.42. The van der Waals surface area contributed by atoms with Gasteiger partial charge in [0.2, 0.25) is 5.91 Å².